The third-order valence-electron chi connectivity index (χ3n) is 2.02. The average molecular weight is 248 g/mol. The summed E-state index contributed by atoms with van der Waals surface area (Å²) in [6, 6.07) is 2.45. The van der Waals surface area contributed by atoms with Crippen molar-refractivity contribution in [2.24, 2.45) is 0 Å². The molecule has 0 unspecified atom stereocenters. The van der Waals surface area contributed by atoms with Crippen LogP contribution < -0.4 is 10.6 Å². The van der Waals surface area contributed by atoms with Gasteiger partial charge < -0.3 is 10.6 Å². The number of aromatic nitrogens is 1. The number of nitrogens with one attached hydrogen (secondary N) is 2. The van der Waals surface area contributed by atoms with Crippen molar-refractivity contribution in [1.82, 2.24) is 9.69 Å². The van der Waals surface area contributed by atoms with Crippen molar-refractivity contribution in [3.63, 3.8) is 0 Å². The Balaban J connectivity index is 0.00000112. The number of rotatable bonds is 4. The minimum absolute atomic E-state index is 0. The number of nitrogens with zero attached hydrogens (tertiary/aromatic N) is 1. The van der Waals surface area contributed by atoms with Crippen LogP contribution in [0.2, 0.25) is 0 Å². The van der Waals surface area contributed by atoms with Crippen LogP contribution in [-0.2, 0) is 4.79 Å². The van der Waals surface area contributed by atoms with E-state index in [1.54, 1.807) is 0 Å². The smallest absolute Gasteiger partial charge is 0.238 e. The van der Waals surface area contributed by atoms with Crippen LogP contribution in [0.3, 0.4) is 0 Å². The van der Waals surface area contributed by atoms with Gasteiger partial charge in [0.05, 0.1) is 12.2 Å². The summed E-state index contributed by atoms with van der Waals surface area (Å²) in [6.45, 7) is 2.32. The highest BCUT2D eigenvalue weighted by atomic mass is 35.5. The van der Waals surface area contributed by atoms with Crippen LogP contribution >= 0.6 is 23.9 Å². The van der Waals surface area contributed by atoms with E-state index < -0.39 is 0 Å². The highest BCUT2D eigenvalue weighted by Gasteiger charge is 2.21. The number of amides is 1. The van der Waals surface area contributed by atoms with E-state index in [2.05, 4.69) is 15.0 Å². The number of aryl methyl sites for hydroxylation is 1. The molecule has 1 aromatic rings. The first kappa shape index (κ1) is 12.4. The first-order valence-electron chi connectivity index (χ1n) is 4.70. The molecule has 0 radical (unpaired) electrons. The predicted molar refractivity (Wildman–Crippen MR) is 63.8 cm³/mol. The van der Waals surface area contributed by atoms with Gasteiger partial charge in [-0.3, -0.25) is 4.79 Å². The first-order valence-corrected chi connectivity index (χ1v) is 5.48. The van der Waals surface area contributed by atoms with E-state index in [0.29, 0.717) is 12.6 Å². The highest BCUT2D eigenvalue weighted by Crippen LogP contribution is 2.18. The average Bonchev–Trinajstić information content (AvgIpc) is 2.88. The van der Waals surface area contributed by atoms with Crippen LogP contribution in [-0.4, -0.2) is 22.9 Å². The molecule has 2 N–H and O–H groups in total. The van der Waals surface area contributed by atoms with Crippen LogP contribution in [0.1, 0.15) is 18.5 Å². The molecule has 4 nitrogen and oxygen atoms in total. The zero-order valence-corrected chi connectivity index (χ0v) is 10.1. The van der Waals surface area contributed by atoms with Crippen molar-refractivity contribution < 1.29 is 4.79 Å². The number of halogens is 1. The molecule has 1 aliphatic carbocycles. The fraction of sp³-hybridized carbons (Fsp3) is 0.556. The van der Waals surface area contributed by atoms with Crippen LogP contribution in [0.4, 0.5) is 5.00 Å². The maximum Gasteiger partial charge on any atom is 0.238 e. The molecule has 2 rings (SSSR count). The summed E-state index contributed by atoms with van der Waals surface area (Å²) in [5.74, 6) is 0.0144. The first-order chi connectivity index (χ1) is 6.74. The van der Waals surface area contributed by atoms with Gasteiger partial charge in [0.15, 0.2) is 0 Å². The van der Waals surface area contributed by atoms with Crippen molar-refractivity contribution in [3.05, 3.63) is 11.8 Å². The monoisotopic (exact) mass is 247 g/mol. The maximum atomic E-state index is 11.4. The van der Waals surface area contributed by atoms with E-state index in [4.69, 9.17) is 0 Å². The van der Waals surface area contributed by atoms with Crippen molar-refractivity contribution in [2.45, 2.75) is 25.8 Å². The Kier molecular flexibility index (Phi) is 4.50. The number of anilines is 1. The molecule has 1 saturated carbocycles. The molecule has 1 amide bonds. The SMILES string of the molecule is Cc1cc(NC(=O)CNC2CC2)sn1.Cl. The lowest BCUT2D eigenvalue weighted by Crippen LogP contribution is -2.29. The van der Waals surface area contributed by atoms with E-state index in [9.17, 15) is 4.79 Å². The lowest BCUT2D eigenvalue weighted by atomic mass is 10.4. The second-order valence-corrected chi connectivity index (χ2v) is 4.34. The van der Waals surface area contributed by atoms with E-state index >= 15 is 0 Å². The molecule has 6 heteroatoms. The minimum Gasteiger partial charge on any atom is -0.315 e. The molecule has 0 aliphatic heterocycles. The highest BCUT2D eigenvalue weighted by molar-refractivity contribution is 7.10. The molecule has 0 aromatic carbocycles. The fourth-order valence-electron chi connectivity index (χ4n) is 1.13. The molecule has 15 heavy (non-hydrogen) atoms. The van der Waals surface area contributed by atoms with Crippen LogP contribution in [0.5, 0.6) is 0 Å². The van der Waals surface area contributed by atoms with Crippen molar-refractivity contribution in [1.29, 1.82) is 0 Å². The van der Waals surface area contributed by atoms with Gasteiger partial charge in [0.1, 0.15) is 5.00 Å². The molecule has 0 atom stereocenters. The summed E-state index contributed by atoms with van der Waals surface area (Å²) < 4.78 is 4.08. The molecule has 0 bridgehead atoms. The molecular weight excluding hydrogens is 234 g/mol. The zero-order chi connectivity index (χ0) is 9.97. The third kappa shape index (κ3) is 4.15. The second-order valence-electron chi connectivity index (χ2n) is 3.54. The Morgan fingerprint density at radius 1 is 1.67 bits per heavy atom. The number of hydrogen-bond donors (Lipinski definition) is 2. The Morgan fingerprint density at radius 2 is 2.40 bits per heavy atom. The number of carbonyl (C=O) groups is 1. The van der Waals surface area contributed by atoms with Gasteiger partial charge in [-0.25, -0.2) is 0 Å². The predicted octanol–water partition coefficient (Wildman–Crippen LogP) is 1.56. The molecular formula is C9H14ClN3OS. The van der Waals surface area contributed by atoms with Gasteiger partial charge in [-0.15, -0.1) is 12.4 Å². The molecule has 0 saturated heterocycles. The van der Waals surface area contributed by atoms with Crippen LogP contribution in [0.15, 0.2) is 6.07 Å². The summed E-state index contributed by atoms with van der Waals surface area (Å²) in [4.78, 5) is 11.4. The van der Waals surface area contributed by atoms with Gasteiger partial charge in [-0.1, -0.05) is 0 Å². The van der Waals surface area contributed by atoms with Crippen LogP contribution in [0, 0.1) is 6.92 Å². The molecule has 84 valence electrons. The Morgan fingerprint density at radius 3 is 2.93 bits per heavy atom. The summed E-state index contributed by atoms with van der Waals surface area (Å²) in [6.07, 6.45) is 2.40. The molecule has 0 spiro atoms. The third-order valence-corrected chi connectivity index (χ3v) is 2.82. The standard InChI is InChI=1S/C9H13N3OS.ClH/c1-6-4-9(14-12-6)11-8(13)5-10-7-2-3-7;/h4,7,10H,2-3,5H2,1H3,(H,11,13);1H. The van der Waals surface area contributed by atoms with Gasteiger partial charge in [-0.05, 0) is 37.4 Å². The lowest BCUT2D eigenvalue weighted by molar-refractivity contribution is -0.115. The Bertz CT molecular complexity index is 338. The fourth-order valence-corrected chi connectivity index (χ4v) is 1.81. The van der Waals surface area contributed by atoms with Crippen molar-refractivity contribution >= 4 is 34.8 Å². The Hall–Kier alpha value is -0.650. The summed E-state index contributed by atoms with van der Waals surface area (Å²) in [7, 11) is 0. The minimum atomic E-state index is 0. The number of hydrogen-bond acceptors (Lipinski definition) is 4. The lowest BCUT2D eigenvalue weighted by Gasteiger charge is -2.02. The molecule has 1 fully saturated rings. The molecule has 1 heterocycles. The number of carbonyl (C=O) groups excluding carboxylic acids is 1. The van der Waals surface area contributed by atoms with Crippen LogP contribution in [0.25, 0.3) is 0 Å². The Labute approximate surface area is 99.0 Å². The normalized spacial score (nSPS) is 14.5. The van der Waals surface area contributed by atoms with E-state index in [-0.39, 0.29) is 18.3 Å². The zero-order valence-electron chi connectivity index (χ0n) is 8.45. The van der Waals surface area contributed by atoms with Gasteiger partial charge in [0, 0.05) is 6.04 Å². The van der Waals surface area contributed by atoms with E-state index in [0.717, 1.165) is 10.7 Å². The topological polar surface area (TPSA) is 54.0 Å². The van der Waals surface area contributed by atoms with E-state index in [1.807, 2.05) is 13.0 Å². The van der Waals surface area contributed by atoms with Crippen molar-refractivity contribution in [2.75, 3.05) is 11.9 Å². The van der Waals surface area contributed by atoms with Gasteiger partial charge in [0.2, 0.25) is 5.91 Å². The van der Waals surface area contributed by atoms with Gasteiger partial charge in [0.25, 0.3) is 0 Å². The quantitative estimate of drug-likeness (QED) is 0.849. The van der Waals surface area contributed by atoms with Crippen molar-refractivity contribution in [3.8, 4) is 0 Å². The molecule has 1 aliphatic rings. The summed E-state index contributed by atoms with van der Waals surface area (Å²) in [5.41, 5.74) is 0.945. The second kappa shape index (κ2) is 5.44. The van der Waals surface area contributed by atoms with E-state index in [1.165, 1.54) is 24.4 Å². The van der Waals surface area contributed by atoms with Gasteiger partial charge in [-0.2, -0.15) is 4.37 Å². The maximum absolute atomic E-state index is 11.4. The largest absolute Gasteiger partial charge is 0.315 e. The van der Waals surface area contributed by atoms with Gasteiger partial charge >= 0.3 is 0 Å². The summed E-state index contributed by atoms with van der Waals surface area (Å²) in [5, 5.41) is 6.78. The molecule has 1 aromatic heterocycles. The summed E-state index contributed by atoms with van der Waals surface area (Å²) >= 11 is 1.32.